The number of rotatable bonds is 8. The molecule has 5 heteroatoms. The molecule has 0 aromatic carbocycles. The standard InChI is InChI=1S/C15H27N3O2/c1-5-6-14(16)15(19)18(10-9-17(3)4)11-13-8-7-12(2)20-13/h7-8,14H,5-6,9-11,16H2,1-4H3/t14-/m0/s1. The molecule has 1 rings (SSSR count). The maximum atomic E-state index is 12.4. The Morgan fingerprint density at radius 3 is 2.55 bits per heavy atom. The summed E-state index contributed by atoms with van der Waals surface area (Å²) in [5.41, 5.74) is 5.96. The number of carbonyl (C=O) groups excluding carboxylic acids is 1. The van der Waals surface area contributed by atoms with E-state index >= 15 is 0 Å². The van der Waals surface area contributed by atoms with Gasteiger partial charge in [-0.15, -0.1) is 0 Å². The Bertz CT molecular complexity index is 415. The van der Waals surface area contributed by atoms with Crippen molar-refractivity contribution >= 4 is 5.91 Å². The normalized spacial score (nSPS) is 12.7. The third-order valence-electron chi connectivity index (χ3n) is 3.19. The smallest absolute Gasteiger partial charge is 0.239 e. The monoisotopic (exact) mass is 281 g/mol. The summed E-state index contributed by atoms with van der Waals surface area (Å²) in [4.78, 5) is 16.2. The quantitative estimate of drug-likeness (QED) is 0.786. The van der Waals surface area contributed by atoms with Gasteiger partial charge in [0.15, 0.2) is 0 Å². The van der Waals surface area contributed by atoms with Gasteiger partial charge in [-0.1, -0.05) is 13.3 Å². The highest BCUT2D eigenvalue weighted by atomic mass is 16.3. The summed E-state index contributed by atoms with van der Waals surface area (Å²) in [6.45, 7) is 5.89. The molecule has 114 valence electrons. The highest BCUT2D eigenvalue weighted by Crippen LogP contribution is 2.11. The molecule has 0 fully saturated rings. The first-order valence-electron chi connectivity index (χ1n) is 7.18. The number of nitrogens with two attached hydrogens (primary N) is 1. The van der Waals surface area contributed by atoms with Crippen LogP contribution < -0.4 is 5.73 Å². The Balaban J connectivity index is 2.70. The van der Waals surface area contributed by atoms with Crippen LogP contribution in [-0.2, 0) is 11.3 Å². The van der Waals surface area contributed by atoms with Gasteiger partial charge in [0.05, 0.1) is 12.6 Å². The fourth-order valence-corrected chi connectivity index (χ4v) is 2.02. The molecule has 0 unspecified atom stereocenters. The molecule has 0 aliphatic heterocycles. The maximum Gasteiger partial charge on any atom is 0.239 e. The van der Waals surface area contributed by atoms with E-state index in [1.54, 1.807) is 4.90 Å². The molecule has 1 heterocycles. The molecule has 1 aromatic rings. The molecule has 1 atom stereocenters. The minimum Gasteiger partial charge on any atom is -0.464 e. The summed E-state index contributed by atoms with van der Waals surface area (Å²) in [5, 5.41) is 0. The predicted octanol–water partition coefficient (Wildman–Crippen LogP) is 1.61. The van der Waals surface area contributed by atoms with Gasteiger partial charge >= 0.3 is 0 Å². The number of amides is 1. The van der Waals surface area contributed by atoms with Crippen LogP contribution in [-0.4, -0.2) is 48.9 Å². The second-order valence-corrected chi connectivity index (χ2v) is 5.47. The van der Waals surface area contributed by atoms with E-state index in [9.17, 15) is 4.79 Å². The zero-order valence-corrected chi connectivity index (χ0v) is 13.1. The van der Waals surface area contributed by atoms with Crippen LogP contribution in [0.3, 0.4) is 0 Å². The lowest BCUT2D eigenvalue weighted by Crippen LogP contribution is -2.45. The van der Waals surface area contributed by atoms with Gasteiger partial charge in [-0.25, -0.2) is 0 Å². The van der Waals surface area contributed by atoms with Gasteiger partial charge in [0.25, 0.3) is 0 Å². The van der Waals surface area contributed by atoms with E-state index in [-0.39, 0.29) is 5.91 Å². The third-order valence-corrected chi connectivity index (χ3v) is 3.19. The molecule has 0 saturated heterocycles. The molecule has 1 amide bonds. The fourth-order valence-electron chi connectivity index (χ4n) is 2.02. The second kappa shape index (κ2) is 8.07. The molecule has 0 spiro atoms. The first-order chi connectivity index (χ1) is 9.43. The van der Waals surface area contributed by atoms with E-state index in [4.69, 9.17) is 10.2 Å². The molecule has 1 aromatic heterocycles. The highest BCUT2D eigenvalue weighted by molar-refractivity contribution is 5.81. The Kier molecular flexibility index (Phi) is 6.75. The van der Waals surface area contributed by atoms with Crippen molar-refractivity contribution in [2.24, 2.45) is 5.73 Å². The summed E-state index contributed by atoms with van der Waals surface area (Å²) in [6, 6.07) is 3.41. The van der Waals surface area contributed by atoms with E-state index in [1.807, 2.05) is 40.1 Å². The van der Waals surface area contributed by atoms with Crippen LogP contribution in [0.1, 0.15) is 31.3 Å². The summed E-state index contributed by atoms with van der Waals surface area (Å²) < 4.78 is 5.56. The molecule has 0 saturated carbocycles. The number of hydrogen-bond acceptors (Lipinski definition) is 4. The van der Waals surface area contributed by atoms with Crippen molar-refractivity contribution in [1.29, 1.82) is 0 Å². The van der Waals surface area contributed by atoms with Crippen molar-refractivity contribution < 1.29 is 9.21 Å². The number of nitrogens with zero attached hydrogens (tertiary/aromatic N) is 2. The number of hydrogen-bond donors (Lipinski definition) is 1. The van der Waals surface area contributed by atoms with Crippen molar-refractivity contribution in [1.82, 2.24) is 9.80 Å². The molecule has 0 bridgehead atoms. The van der Waals surface area contributed by atoms with Crippen LogP contribution in [0.5, 0.6) is 0 Å². The Hall–Kier alpha value is -1.33. The van der Waals surface area contributed by atoms with Gasteiger partial charge < -0.3 is 20.0 Å². The largest absolute Gasteiger partial charge is 0.464 e. The van der Waals surface area contributed by atoms with Crippen LogP contribution in [0.4, 0.5) is 0 Å². The Labute approximate surface area is 121 Å². The Morgan fingerprint density at radius 2 is 2.05 bits per heavy atom. The second-order valence-electron chi connectivity index (χ2n) is 5.47. The molecular weight excluding hydrogens is 254 g/mol. The van der Waals surface area contributed by atoms with Crippen LogP contribution in [0, 0.1) is 6.92 Å². The van der Waals surface area contributed by atoms with Crippen molar-refractivity contribution in [2.45, 2.75) is 39.3 Å². The summed E-state index contributed by atoms with van der Waals surface area (Å²) in [5.74, 6) is 1.67. The lowest BCUT2D eigenvalue weighted by atomic mass is 10.1. The molecule has 20 heavy (non-hydrogen) atoms. The van der Waals surface area contributed by atoms with Crippen molar-refractivity contribution in [3.63, 3.8) is 0 Å². The zero-order valence-electron chi connectivity index (χ0n) is 13.1. The molecule has 0 aliphatic carbocycles. The van der Waals surface area contributed by atoms with Crippen molar-refractivity contribution in [3.8, 4) is 0 Å². The van der Waals surface area contributed by atoms with Gasteiger partial charge in [-0.2, -0.15) is 0 Å². The predicted molar refractivity (Wildman–Crippen MR) is 80.3 cm³/mol. The topological polar surface area (TPSA) is 62.7 Å². The van der Waals surface area contributed by atoms with Crippen molar-refractivity contribution in [3.05, 3.63) is 23.7 Å². The van der Waals surface area contributed by atoms with Gasteiger partial charge in [-0.3, -0.25) is 4.79 Å². The highest BCUT2D eigenvalue weighted by Gasteiger charge is 2.21. The lowest BCUT2D eigenvalue weighted by Gasteiger charge is -2.26. The summed E-state index contributed by atoms with van der Waals surface area (Å²) in [6.07, 6.45) is 1.63. The first kappa shape index (κ1) is 16.7. The van der Waals surface area contributed by atoms with Gasteiger partial charge in [0.2, 0.25) is 5.91 Å². The average Bonchev–Trinajstić information content (AvgIpc) is 2.79. The number of likely N-dealkylation sites (N-methyl/N-ethyl adjacent to an activating group) is 1. The molecule has 0 radical (unpaired) electrons. The minimum atomic E-state index is -0.418. The van der Waals surface area contributed by atoms with Crippen molar-refractivity contribution in [2.75, 3.05) is 27.2 Å². The van der Waals surface area contributed by atoms with E-state index < -0.39 is 6.04 Å². The summed E-state index contributed by atoms with van der Waals surface area (Å²) >= 11 is 0. The lowest BCUT2D eigenvalue weighted by molar-refractivity contribution is -0.133. The number of carbonyl (C=O) groups is 1. The number of aryl methyl sites for hydroxylation is 1. The van der Waals surface area contributed by atoms with E-state index in [2.05, 4.69) is 4.90 Å². The fraction of sp³-hybridized carbons (Fsp3) is 0.667. The maximum absolute atomic E-state index is 12.4. The Morgan fingerprint density at radius 1 is 1.35 bits per heavy atom. The first-order valence-corrected chi connectivity index (χ1v) is 7.18. The van der Waals surface area contributed by atoms with E-state index in [0.29, 0.717) is 19.5 Å². The van der Waals surface area contributed by atoms with Gasteiger partial charge in [0.1, 0.15) is 11.5 Å². The number of furan rings is 1. The van der Waals surface area contributed by atoms with Crippen LogP contribution >= 0.6 is 0 Å². The molecule has 2 N–H and O–H groups in total. The van der Waals surface area contributed by atoms with Gasteiger partial charge in [0, 0.05) is 13.1 Å². The van der Waals surface area contributed by atoms with E-state index in [1.165, 1.54) is 0 Å². The third kappa shape index (κ3) is 5.35. The SMILES string of the molecule is CCC[C@H](N)C(=O)N(CCN(C)C)Cc1ccc(C)o1. The van der Waals surface area contributed by atoms with Crippen LogP contribution in [0.15, 0.2) is 16.5 Å². The minimum absolute atomic E-state index is 0.00255. The molecular formula is C15H27N3O2. The zero-order chi connectivity index (χ0) is 15.1. The molecule has 5 nitrogen and oxygen atoms in total. The molecule has 0 aliphatic rings. The van der Waals surface area contributed by atoms with Crippen LogP contribution in [0.25, 0.3) is 0 Å². The van der Waals surface area contributed by atoms with Gasteiger partial charge in [-0.05, 0) is 39.6 Å². The van der Waals surface area contributed by atoms with E-state index in [0.717, 1.165) is 24.5 Å². The average molecular weight is 281 g/mol. The van der Waals surface area contributed by atoms with Crippen LogP contribution in [0.2, 0.25) is 0 Å². The summed E-state index contributed by atoms with van der Waals surface area (Å²) in [7, 11) is 3.98.